The molecule has 3 fully saturated rings. The van der Waals surface area contributed by atoms with Gasteiger partial charge >= 0.3 is 0 Å². The zero-order valence-electron chi connectivity index (χ0n) is 23.5. The molecule has 44 heavy (non-hydrogen) atoms. The molecule has 20 nitrogen and oxygen atoms in total. The van der Waals surface area contributed by atoms with Gasteiger partial charge in [0.1, 0.15) is 91.6 Å². The van der Waals surface area contributed by atoms with E-state index in [1.54, 1.807) is 0 Å². The van der Waals surface area contributed by atoms with E-state index in [4.69, 9.17) is 28.4 Å². The highest BCUT2D eigenvalue weighted by molar-refractivity contribution is 4.95. The minimum absolute atomic E-state index is 0.752. The standard InChI is InChI=1S/C24H44O20/c1-6-11(29)16(34)19(37)23(40-6)44-21-15(33)10(4-27)43-24(20(21)38)42-8(2-25)13(31)12(30)7(28)5-39-22-18(36)17(35)14(32)9(3-26)41-22/h6-38H,2-5H2,1H3/t6-,7+,8+,9+,10+,11-,12+,13+,14-,15+,16+,17-,18+,19+,20-,21-,22+,23-,24-/m0/s1. The van der Waals surface area contributed by atoms with Crippen LogP contribution in [0.15, 0.2) is 0 Å². The van der Waals surface area contributed by atoms with E-state index in [1.165, 1.54) is 6.92 Å². The molecule has 3 heterocycles. The van der Waals surface area contributed by atoms with E-state index in [2.05, 4.69) is 0 Å². The van der Waals surface area contributed by atoms with Crippen molar-refractivity contribution < 1.29 is 99.9 Å². The Bertz CT molecular complexity index is 855. The van der Waals surface area contributed by atoms with Crippen molar-refractivity contribution in [1.29, 1.82) is 0 Å². The molecule has 14 N–H and O–H groups in total. The molecule has 3 saturated heterocycles. The van der Waals surface area contributed by atoms with Crippen molar-refractivity contribution >= 4 is 0 Å². The Hall–Kier alpha value is -0.800. The summed E-state index contributed by atoms with van der Waals surface area (Å²) in [4.78, 5) is 0. The van der Waals surface area contributed by atoms with Crippen LogP contribution < -0.4 is 0 Å². The van der Waals surface area contributed by atoms with E-state index >= 15 is 0 Å². The van der Waals surface area contributed by atoms with E-state index in [0.717, 1.165) is 0 Å². The molecule has 3 aliphatic rings. The van der Waals surface area contributed by atoms with Gasteiger partial charge in [-0.15, -0.1) is 0 Å². The number of hydrogen-bond acceptors (Lipinski definition) is 20. The summed E-state index contributed by atoms with van der Waals surface area (Å²) in [6.07, 6.45) is -32.9. The first kappa shape index (κ1) is 37.7. The molecule has 0 aliphatic carbocycles. The number of rotatable bonds is 13. The maximum Gasteiger partial charge on any atom is 0.187 e. The van der Waals surface area contributed by atoms with Gasteiger partial charge in [0.15, 0.2) is 18.9 Å². The van der Waals surface area contributed by atoms with Crippen LogP contribution in [0.5, 0.6) is 0 Å². The monoisotopic (exact) mass is 652 g/mol. The molecule has 3 rings (SSSR count). The summed E-state index contributed by atoms with van der Waals surface area (Å²) in [5.74, 6) is 0. The van der Waals surface area contributed by atoms with Crippen LogP contribution in [0.4, 0.5) is 0 Å². The Morgan fingerprint density at radius 2 is 1.14 bits per heavy atom. The summed E-state index contributed by atoms with van der Waals surface area (Å²) >= 11 is 0. The highest BCUT2D eigenvalue weighted by atomic mass is 16.7. The average Bonchev–Trinajstić information content (AvgIpc) is 3.01. The molecule has 0 unspecified atom stereocenters. The van der Waals surface area contributed by atoms with E-state index < -0.39 is 143 Å². The van der Waals surface area contributed by atoms with Gasteiger partial charge in [-0.25, -0.2) is 0 Å². The maximum atomic E-state index is 10.9. The van der Waals surface area contributed by atoms with Crippen molar-refractivity contribution in [3.63, 3.8) is 0 Å². The van der Waals surface area contributed by atoms with Gasteiger partial charge < -0.3 is 99.9 Å². The molecule has 260 valence electrons. The Kier molecular flexibility index (Phi) is 14.0. The molecule has 0 bridgehead atoms. The second-order valence-electron chi connectivity index (χ2n) is 10.9. The summed E-state index contributed by atoms with van der Waals surface area (Å²) in [6, 6.07) is 0. The van der Waals surface area contributed by atoms with Crippen molar-refractivity contribution in [2.75, 3.05) is 26.4 Å². The average molecular weight is 653 g/mol. The first-order valence-electron chi connectivity index (χ1n) is 13.9. The van der Waals surface area contributed by atoms with Crippen molar-refractivity contribution in [3.8, 4) is 0 Å². The lowest BCUT2D eigenvalue weighted by Crippen LogP contribution is -2.65. The Balaban J connectivity index is 1.64. The van der Waals surface area contributed by atoms with Crippen molar-refractivity contribution in [2.24, 2.45) is 0 Å². The minimum Gasteiger partial charge on any atom is -0.394 e. The van der Waals surface area contributed by atoms with E-state index in [0.29, 0.717) is 0 Å². The highest BCUT2D eigenvalue weighted by Crippen LogP contribution is 2.30. The minimum atomic E-state index is -2.13. The smallest absolute Gasteiger partial charge is 0.187 e. The zero-order chi connectivity index (χ0) is 33.0. The third-order valence-electron chi connectivity index (χ3n) is 7.82. The number of ether oxygens (including phenoxy) is 6. The summed E-state index contributed by atoms with van der Waals surface area (Å²) in [7, 11) is 0. The third-order valence-corrected chi connectivity index (χ3v) is 7.82. The molecule has 0 radical (unpaired) electrons. The normalized spacial score (nSPS) is 46.3. The van der Waals surface area contributed by atoms with Gasteiger partial charge in [0, 0.05) is 0 Å². The molecule has 19 atom stereocenters. The lowest BCUT2D eigenvalue weighted by molar-refractivity contribution is -0.365. The fourth-order valence-electron chi connectivity index (χ4n) is 4.96. The van der Waals surface area contributed by atoms with Crippen LogP contribution in [0, 0.1) is 0 Å². The van der Waals surface area contributed by atoms with Crippen LogP contribution in [0.3, 0.4) is 0 Å². The predicted molar refractivity (Wildman–Crippen MR) is 135 cm³/mol. The number of aliphatic hydroxyl groups excluding tert-OH is 14. The lowest BCUT2D eigenvalue weighted by atomic mass is 9.97. The van der Waals surface area contributed by atoms with Gasteiger partial charge in [0.25, 0.3) is 0 Å². The fraction of sp³-hybridized carbons (Fsp3) is 1.00. The molecule has 0 amide bonds. The van der Waals surface area contributed by atoms with Crippen LogP contribution in [0.1, 0.15) is 6.92 Å². The van der Waals surface area contributed by atoms with Gasteiger partial charge in [0.05, 0.1) is 32.5 Å². The molecule has 0 aromatic rings. The van der Waals surface area contributed by atoms with Crippen LogP contribution >= 0.6 is 0 Å². The number of hydrogen-bond donors (Lipinski definition) is 14. The first-order chi connectivity index (χ1) is 20.7. The quantitative estimate of drug-likeness (QED) is 0.0878. The Morgan fingerprint density at radius 3 is 1.73 bits per heavy atom. The largest absolute Gasteiger partial charge is 0.394 e. The second kappa shape index (κ2) is 16.3. The Labute approximate surface area is 250 Å². The van der Waals surface area contributed by atoms with Gasteiger partial charge in [-0.3, -0.25) is 0 Å². The first-order valence-corrected chi connectivity index (χ1v) is 13.9. The molecule has 20 heteroatoms. The lowest BCUT2D eigenvalue weighted by Gasteiger charge is -2.46. The molecular weight excluding hydrogens is 608 g/mol. The maximum absolute atomic E-state index is 10.9. The molecule has 0 saturated carbocycles. The zero-order valence-corrected chi connectivity index (χ0v) is 23.5. The van der Waals surface area contributed by atoms with E-state index in [1.807, 2.05) is 0 Å². The Morgan fingerprint density at radius 1 is 0.591 bits per heavy atom. The van der Waals surface area contributed by atoms with Crippen LogP contribution in [-0.4, -0.2) is 214 Å². The van der Waals surface area contributed by atoms with Crippen molar-refractivity contribution in [1.82, 2.24) is 0 Å². The van der Waals surface area contributed by atoms with Gasteiger partial charge in [-0.1, -0.05) is 0 Å². The summed E-state index contributed by atoms with van der Waals surface area (Å²) in [6.45, 7) is -2.15. The number of aliphatic hydroxyl groups is 14. The summed E-state index contributed by atoms with van der Waals surface area (Å²) in [5.41, 5.74) is 0. The molecule has 0 aromatic heterocycles. The van der Waals surface area contributed by atoms with Crippen LogP contribution in [0.25, 0.3) is 0 Å². The SMILES string of the molecule is C[C@@H]1O[C@@H](O[C@@H]2[C@H](O)[C@@H](O[C@H](CO)[C@@H](O)[C@H](O)[C@H](O)CO[C@@H]3O[C@H](CO)[C@H](O)[C@H](O)[C@H]3O)O[C@H](CO)[C@H]2O)[C@H](O)[C@H](O)[C@H]1O. The van der Waals surface area contributed by atoms with Gasteiger partial charge in [-0.05, 0) is 6.92 Å². The van der Waals surface area contributed by atoms with Gasteiger partial charge in [0.2, 0.25) is 0 Å². The van der Waals surface area contributed by atoms with E-state index in [9.17, 15) is 71.5 Å². The van der Waals surface area contributed by atoms with Crippen LogP contribution in [0.2, 0.25) is 0 Å². The molecular formula is C24H44O20. The van der Waals surface area contributed by atoms with Crippen molar-refractivity contribution in [3.05, 3.63) is 0 Å². The second-order valence-corrected chi connectivity index (χ2v) is 10.9. The topological polar surface area (TPSA) is 339 Å². The summed E-state index contributed by atoms with van der Waals surface area (Å²) in [5, 5.41) is 142. The van der Waals surface area contributed by atoms with Crippen molar-refractivity contribution in [2.45, 2.75) is 123 Å². The van der Waals surface area contributed by atoms with E-state index in [-0.39, 0.29) is 0 Å². The predicted octanol–water partition coefficient (Wildman–Crippen LogP) is -9.09. The van der Waals surface area contributed by atoms with Crippen LogP contribution in [-0.2, 0) is 28.4 Å². The molecule has 3 aliphatic heterocycles. The third kappa shape index (κ3) is 8.18. The fourth-order valence-corrected chi connectivity index (χ4v) is 4.96. The molecule has 0 aromatic carbocycles. The van der Waals surface area contributed by atoms with Gasteiger partial charge in [-0.2, -0.15) is 0 Å². The highest BCUT2D eigenvalue weighted by Gasteiger charge is 2.51. The summed E-state index contributed by atoms with van der Waals surface area (Å²) < 4.78 is 31.8. The molecule has 0 spiro atoms.